The third-order valence-corrected chi connectivity index (χ3v) is 8.97. The van der Waals surface area contributed by atoms with Crippen LogP contribution in [0.1, 0.15) is 45.9 Å². The zero-order chi connectivity index (χ0) is 31.9. The molecule has 0 spiro atoms. The molecule has 2 fully saturated rings. The summed E-state index contributed by atoms with van der Waals surface area (Å²) in [6.07, 6.45) is 3.78. The normalized spacial score (nSPS) is 16.0. The molecule has 3 aliphatic rings. The van der Waals surface area contributed by atoms with Gasteiger partial charge in [-0.2, -0.15) is 0 Å². The summed E-state index contributed by atoms with van der Waals surface area (Å²) in [6.45, 7) is 11.1. The minimum Gasteiger partial charge on any atom is -0.381 e. The van der Waals surface area contributed by atoms with Gasteiger partial charge in [0.2, 0.25) is 5.91 Å². The number of rotatable bonds is 10. The molecule has 0 atom stereocenters. The summed E-state index contributed by atoms with van der Waals surface area (Å²) < 4.78 is 7.21. The van der Waals surface area contributed by atoms with Gasteiger partial charge in [-0.05, 0) is 59.4 Å². The summed E-state index contributed by atoms with van der Waals surface area (Å²) in [5, 5.41) is 8.40. The molecule has 4 aromatic rings. The number of aryl methyl sites for hydroxylation is 1. The van der Waals surface area contributed by atoms with Crippen molar-refractivity contribution in [3.05, 3.63) is 88.7 Å². The van der Waals surface area contributed by atoms with Crippen LogP contribution in [0.2, 0.25) is 0 Å². The van der Waals surface area contributed by atoms with Crippen LogP contribution in [0.15, 0.2) is 54.9 Å². The molecule has 1 saturated carbocycles. The van der Waals surface area contributed by atoms with Gasteiger partial charge in [-0.3, -0.25) is 19.4 Å². The summed E-state index contributed by atoms with van der Waals surface area (Å²) in [6, 6.07) is 15.7. The molecule has 2 aromatic heterocycles. The highest BCUT2D eigenvalue weighted by atomic mass is 16.5. The number of pyridine rings is 1. The first kappa shape index (κ1) is 29.8. The number of hydrogen-bond donors (Lipinski definition) is 0. The second-order valence-electron chi connectivity index (χ2n) is 12.8. The van der Waals surface area contributed by atoms with Crippen molar-refractivity contribution in [2.24, 2.45) is 13.0 Å². The van der Waals surface area contributed by atoms with Crippen LogP contribution in [-0.4, -0.2) is 81.8 Å². The third-order valence-electron chi connectivity index (χ3n) is 8.97. The van der Waals surface area contributed by atoms with Crippen molar-refractivity contribution < 1.29 is 14.3 Å². The van der Waals surface area contributed by atoms with Crippen LogP contribution in [0.25, 0.3) is 27.4 Å². The van der Waals surface area contributed by atoms with E-state index in [0.29, 0.717) is 67.6 Å². The minimum absolute atomic E-state index is 0.0483. The Balaban J connectivity index is 1.20. The summed E-state index contributed by atoms with van der Waals surface area (Å²) in [5.74, 6) is 2.02. The Morgan fingerprint density at radius 1 is 1.07 bits per heavy atom. The quantitative estimate of drug-likeness (QED) is 0.239. The van der Waals surface area contributed by atoms with E-state index in [2.05, 4.69) is 32.1 Å². The molecule has 46 heavy (non-hydrogen) atoms. The zero-order valence-corrected chi connectivity index (χ0v) is 26.3. The fraction of sp³-hybridized carbons (Fsp3) is 0.371. The van der Waals surface area contributed by atoms with Gasteiger partial charge in [-0.15, -0.1) is 10.2 Å². The van der Waals surface area contributed by atoms with Crippen molar-refractivity contribution >= 4 is 23.3 Å². The number of carbonyl (C=O) groups is 2. The van der Waals surface area contributed by atoms with Gasteiger partial charge in [0.05, 0.1) is 32.9 Å². The zero-order valence-electron chi connectivity index (χ0n) is 26.3. The second kappa shape index (κ2) is 12.1. The molecular weight excluding hydrogens is 580 g/mol. The number of amides is 2. The number of carbonyl (C=O) groups excluding carboxylic acids is 2. The van der Waals surface area contributed by atoms with E-state index in [9.17, 15) is 9.59 Å². The van der Waals surface area contributed by atoms with E-state index < -0.39 is 0 Å². The van der Waals surface area contributed by atoms with Crippen LogP contribution in [0.3, 0.4) is 0 Å². The maximum atomic E-state index is 14.0. The van der Waals surface area contributed by atoms with Crippen molar-refractivity contribution in [2.45, 2.75) is 31.8 Å². The Bertz CT molecular complexity index is 1870. The van der Waals surface area contributed by atoms with E-state index in [1.165, 1.54) is 0 Å². The first-order chi connectivity index (χ1) is 22.3. The SMILES string of the molecule is [C-]#[N+]c1ccc(-c2cc(C3CC3)nc(N3Cc4ccc(CN(CC(=O)N(C)C)CC5COC5)cc4C3=O)c2)c(-c2nncn2C)c1. The van der Waals surface area contributed by atoms with Gasteiger partial charge in [0.25, 0.3) is 5.91 Å². The summed E-state index contributed by atoms with van der Waals surface area (Å²) >= 11 is 0. The molecule has 0 N–H and O–H groups in total. The van der Waals surface area contributed by atoms with Crippen molar-refractivity contribution in [1.82, 2.24) is 29.5 Å². The maximum Gasteiger partial charge on any atom is 0.260 e. The fourth-order valence-corrected chi connectivity index (χ4v) is 6.15. The molecule has 11 nitrogen and oxygen atoms in total. The Morgan fingerprint density at radius 3 is 2.57 bits per heavy atom. The van der Waals surface area contributed by atoms with Crippen LogP contribution in [0.5, 0.6) is 0 Å². The summed E-state index contributed by atoms with van der Waals surface area (Å²) in [7, 11) is 5.42. The van der Waals surface area contributed by atoms with Gasteiger partial charge in [0, 0.05) is 62.9 Å². The fourth-order valence-electron chi connectivity index (χ4n) is 6.15. The van der Waals surface area contributed by atoms with E-state index >= 15 is 0 Å². The number of ether oxygens (including phenoxy) is 1. The predicted octanol–water partition coefficient (Wildman–Crippen LogP) is 4.67. The van der Waals surface area contributed by atoms with Crippen molar-refractivity contribution in [1.29, 1.82) is 0 Å². The highest BCUT2D eigenvalue weighted by Gasteiger charge is 2.33. The highest BCUT2D eigenvalue weighted by Crippen LogP contribution is 2.43. The van der Waals surface area contributed by atoms with E-state index in [4.69, 9.17) is 16.3 Å². The number of fused-ring (bicyclic) bond motifs is 1. The lowest BCUT2D eigenvalue weighted by Crippen LogP contribution is -2.43. The van der Waals surface area contributed by atoms with Crippen molar-refractivity contribution in [3.63, 3.8) is 0 Å². The Kier molecular flexibility index (Phi) is 7.84. The van der Waals surface area contributed by atoms with Gasteiger partial charge < -0.3 is 14.2 Å². The van der Waals surface area contributed by atoms with Gasteiger partial charge in [0.1, 0.15) is 12.1 Å². The van der Waals surface area contributed by atoms with Crippen LogP contribution >= 0.6 is 0 Å². The van der Waals surface area contributed by atoms with E-state index in [1.807, 2.05) is 48.0 Å². The molecule has 0 bridgehead atoms. The van der Waals surface area contributed by atoms with Crippen molar-refractivity contribution in [3.8, 4) is 22.5 Å². The van der Waals surface area contributed by atoms with Crippen LogP contribution in [-0.2, 0) is 29.7 Å². The van der Waals surface area contributed by atoms with Crippen LogP contribution in [0.4, 0.5) is 11.5 Å². The summed E-state index contributed by atoms with van der Waals surface area (Å²) in [5.41, 5.74) is 6.74. The Labute approximate surface area is 268 Å². The van der Waals surface area contributed by atoms with Crippen LogP contribution in [0, 0.1) is 12.5 Å². The monoisotopic (exact) mass is 616 g/mol. The third kappa shape index (κ3) is 5.89. The first-order valence-corrected chi connectivity index (χ1v) is 15.6. The van der Waals surface area contributed by atoms with Gasteiger partial charge in [-0.25, -0.2) is 9.83 Å². The molecule has 2 amide bonds. The Morgan fingerprint density at radius 2 is 1.89 bits per heavy atom. The lowest BCUT2D eigenvalue weighted by atomic mass is 9.97. The molecule has 2 aromatic carbocycles. The number of hydrogen-bond acceptors (Lipinski definition) is 7. The number of likely N-dealkylation sites (N-methyl/N-ethyl adjacent to an activating group) is 1. The van der Waals surface area contributed by atoms with Crippen molar-refractivity contribution in [2.75, 3.05) is 45.3 Å². The molecule has 0 unspecified atom stereocenters. The molecule has 0 radical (unpaired) electrons. The van der Waals surface area contributed by atoms with Gasteiger partial charge in [-0.1, -0.05) is 24.3 Å². The van der Waals surface area contributed by atoms with Crippen LogP contribution < -0.4 is 4.90 Å². The number of aromatic nitrogens is 4. The molecule has 2 aliphatic heterocycles. The predicted molar refractivity (Wildman–Crippen MR) is 173 cm³/mol. The lowest BCUT2D eigenvalue weighted by molar-refractivity contribution is -0.131. The van der Waals surface area contributed by atoms with E-state index in [-0.39, 0.29) is 11.8 Å². The maximum absolute atomic E-state index is 14.0. The molecular formula is C35H36N8O3. The molecule has 4 heterocycles. The molecule has 234 valence electrons. The second-order valence-corrected chi connectivity index (χ2v) is 12.8. The highest BCUT2D eigenvalue weighted by molar-refractivity contribution is 6.10. The number of nitrogens with zero attached hydrogens (tertiary/aromatic N) is 8. The molecule has 11 heteroatoms. The first-order valence-electron chi connectivity index (χ1n) is 15.6. The number of anilines is 1. The average molecular weight is 617 g/mol. The lowest BCUT2D eigenvalue weighted by Gasteiger charge is -2.32. The molecule has 1 saturated heterocycles. The largest absolute Gasteiger partial charge is 0.381 e. The standard InChI is InChI=1S/C35H36N8O3/c1-36-27-9-10-28(30(14-27)34-39-37-21-41(34)4)26-12-31(24-7-8-24)38-32(13-26)43-17-25-6-5-22(11-29(25)35(43)45)15-42(16-23-19-46-20-23)18-33(44)40(2)3/h5-6,9-14,21,23-24H,7-8,15-20H2,2-4H3. The van der Waals surface area contributed by atoms with Gasteiger partial charge in [0.15, 0.2) is 11.5 Å². The topological polar surface area (TPSA) is 101 Å². The van der Waals surface area contributed by atoms with Gasteiger partial charge >= 0.3 is 0 Å². The number of benzene rings is 2. The Hall–Kier alpha value is -4.92. The van der Waals surface area contributed by atoms with E-state index in [1.54, 1.807) is 30.2 Å². The molecule has 7 rings (SSSR count). The minimum atomic E-state index is -0.0802. The molecule has 1 aliphatic carbocycles. The van der Waals surface area contributed by atoms with E-state index in [0.717, 1.165) is 52.9 Å². The average Bonchev–Trinajstić information content (AvgIpc) is 3.72. The summed E-state index contributed by atoms with van der Waals surface area (Å²) in [4.78, 5) is 40.8. The smallest absolute Gasteiger partial charge is 0.260 e.